The van der Waals surface area contributed by atoms with E-state index in [2.05, 4.69) is 13.0 Å². The Morgan fingerprint density at radius 3 is 2.51 bits per heavy atom. The van der Waals surface area contributed by atoms with Crippen LogP contribution >= 0.6 is 0 Å². The molecule has 4 aliphatic rings. The number of allylic oxidation sites excluding steroid dienone is 4. The predicted molar refractivity (Wildman–Crippen MR) is 124 cm³/mol. The zero-order valence-corrected chi connectivity index (χ0v) is 21.2. The molecule has 35 heavy (non-hydrogen) atoms. The summed E-state index contributed by atoms with van der Waals surface area (Å²) in [6.45, 7) is 7.61. The fourth-order valence-corrected chi connectivity index (χ4v) is 7.65. The van der Waals surface area contributed by atoms with Crippen LogP contribution in [0.25, 0.3) is 0 Å². The number of fused-ring (bicyclic) bond motifs is 5. The fraction of sp³-hybridized carbons (Fsp3) is 0.704. The van der Waals surface area contributed by atoms with Gasteiger partial charge in [-0.2, -0.15) is 0 Å². The topological polar surface area (TPSA) is 116 Å². The first-order chi connectivity index (χ1) is 16.3. The van der Waals surface area contributed by atoms with E-state index in [9.17, 15) is 24.3 Å². The third-order valence-electron chi connectivity index (χ3n) is 9.04. The van der Waals surface area contributed by atoms with Gasteiger partial charge in [0.1, 0.15) is 5.78 Å². The number of aliphatic hydroxyl groups is 1. The number of rotatable bonds is 6. The lowest BCUT2D eigenvalue weighted by molar-refractivity contribution is -0.191. The number of Topliss-reactive ketones (excluding diaryl/α,β-unsaturated/α-hetero) is 2. The summed E-state index contributed by atoms with van der Waals surface area (Å²) in [6, 6.07) is 0. The fourth-order valence-electron chi connectivity index (χ4n) is 7.65. The second-order valence-corrected chi connectivity index (χ2v) is 11.1. The smallest absolute Gasteiger partial charge is 0.303 e. The van der Waals surface area contributed by atoms with Gasteiger partial charge >= 0.3 is 11.9 Å². The molecule has 0 bridgehead atoms. The van der Waals surface area contributed by atoms with Crippen LogP contribution in [0, 0.1) is 28.6 Å². The molecular weight excluding hydrogens is 452 g/mol. The maximum absolute atomic E-state index is 13.9. The van der Waals surface area contributed by atoms with Gasteiger partial charge in [0, 0.05) is 43.4 Å². The molecular formula is C27H36O8. The van der Waals surface area contributed by atoms with E-state index < -0.39 is 41.6 Å². The highest BCUT2D eigenvalue weighted by atomic mass is 16.6. The van der Waals surface area contributed by atoms with Gasteiger partial charge in [0.05, 0.1) is 5.76 Å². The van der Waals surface area contributed by atoms with Crippen molar-refractivity contribution in [2.24, 2.45) is 28.6 Å². The molecule has 0 radical (unpaired) electrons. The largest absolute Gasteiger partial charge is 0.470 e. The summed E-state index contributed by atoms with van der Waals surface area (Å²) in [5.74, 6) is -1.02. The number of aliphatic hydroxyl groups excluding tert-OH is 1. The molecule has 4 aliphatic carbocycles. The molecule has 0 spiro atoms. The van der Waals surface area contributed by atoms with Crippen LogP contribution in [0.1, 0.15) is 73.1 Å². The Balaban J connectivity index is 1.70. The van der Waals surface area contributed by atoms with Crippen LogP contribution in [0.2, 0.25) is 0 Å². The SMILES string of the molecule is CC(=O)OCC(=O)[C@@]1(OC(C)=O)CCC2C3CC=C4C=C(OC(C)O)CC[C@]4(C)C3C(=O)C[C@@]21C. The summed E-state index contributed by atoms with van der Waals surface area (Å²) in [7, 11) is 0. The van der Waals surface area contributed by atoms with Crippen molar-refractivity contribution in [3.05, 3.63) is 23.5 Å². The van der Waals surface area contributed by atoms with Gasteiger partial charge in [-0.1, -0.05) is 19.9 Å². The van der Waals surface area contributed by atoms with Crippen LogP contribution in [0.5, 0.6) is 0 Å². The van der Waals surface area contributed by atoms with Gasteiger partial charge in [-0.25, -0.2) is 0 Å². The minimum absolute atomic E-state index is 0.000423. The molecule has 0 saturated heterocycles. The second-order valence-electron chi connectivity index (χ2n) is 11.1. The average Bonchev–Trinajstić information content (AvgIpc) is 3.03. The van der Waals surface area contributed by atoms with Gasteiger partial charge in [-0.05, 0) is 56.1 Å². The Kier molecular flexibility index (Phi) is 6.49. The number of carbonyl (C=O) groups excluding carboxylic acids is 4. The van der Waals surface area contributed by atoms with Gasteiger partial charge in [-0.15, -0.1) is 0 Å². The van der Waals surface area contributed by atoms with E-state index in [0.717, 1.165) is 17.8 Å². The van der Waals surface area contributed by atoms with Crippen LogP contribution < -0.4 is 0 Å². The Bertz CT molecular complexity index is 1010. The van der Waals surface area contributed by atoms with Crippen molar-refractivity contribution in [2.45, 2.75) is 85.0 Å². The number of esters is 2. The van der Waals surface area contributed by atoms with E-state index in [1.54, 1.807) is 6.92 Å². The first-order valence-electron chi connectivity index (χ1n) is 12.5. The lowest BCUT2D eigenvalue weighted by atomic mass is 9.47. The van der Waals surface area contributed by atoms with E-state index in [0.29, 0.717) is 25.7 Å². The van der Waals surface area contributed by atoms with Crippen molar-refractivity contribution < 1.29 is 38.5 Å². The van der Waals surface area contributed by atoms with Crippen LogP contribution in [0.15, 0.2) is 23.5 Å². The maximum atomic E-state index is 13.9. The molecule has 4 rings (SSSR count). The van der Waals surface area contributed by atoms with Crippen LogP contribution in [-0.2, 0) is 33.4 Å². The van der Waals surface area contributed by atoms with E-state index in [-0.39, 0.29) is 35.4 Å². The van der Waals surface area contributed by atoms with Gasteiger partial charge in [0.15, 0.2) is 18.5 Å². The molecule has 0 aromatic rings. The molecule has 0 heterocycles. The molecule has 8 heteroatoms. The third kappa shape index (κ3) is 4.03. The number of hydrogen-bond donors (Lipinski definition) is 1. The van der Waals surface area contributed by atoms with Crippen molar-refractivity contribution >= 4 is 23.5 Å². The van der Waals surface area contributed by atoms with Crippen molar-refractivity contribution in [1.82, 2.24) is 0 Å². The Labute approximate surface area is 206 Å². The van der Waals surface area contributed by atoms with Crippen molar-refractivity contribution in [3.63, 3.8) is 0 Å². The van der Waals surface area contributed by atoms with Crippen LogP contribution in [0.3, 0.4) is 0 Å². The summed E-state index contributed by atoms with van der Waals surface area (Å²) in [5, 5.41) is 9.62. The monoisotopic (exact) mass is 488 g/mol. The summed E-state index contributed by atoms with van der Waals surface area (Å²) in [5.41, 5.74) is -1.66. The van der Waals surface area contributed by atoms with E-state index in [1.165, 1.54) is 13.8 Å². The average molecular weight is 489 g/mol. The molecule has 4 unspecified atom stereocenters. The molecule has 0 aromatic carbocycles. The Morgan fingerprint density at radius 1 is 1.17 bits per heavy atom. The molecule has 0 aliphatic heterocycles. The summed E-state index contributed by atoms with van der Waals surface area (Å²) < 4.78 is 16.3. The molecule has 8 nitrogen and oxygen atoms in total. The highest BCUT2D eigenvalue weighted by Crippen LogP contribution is 2.67. The van der Waals surface area contributed by atoms with Gasteiger partial charge in [-0.3, -0.25) is 19.2 Å². The molecule has 192 valence electrons. The summed E-state index contributed by atoms with van der Waals surface area (Å²) >= 11 is 0. The Hall–Kier alpha value is -2.48. The first-order valence-corrected chi connectivity index (χ1v) is 12.5. The minimum Gasteiger partial charge on any atom is -0.470 e. The molecule has 0 amide bonds. The van der Waals surface area contributed by atoms with E-state index in [1.807, 2.05) is 13.0 Å². The van der Waals surface area contributed by atoms with Crippen LogP contribution in [-0.4, -0.2) is 47.1 Å². The minimum atomic E-state index is -1.49. The number of carbonyl (C=O) groups is 4. The van der Waals surface area contributed by atoms with Crippen molar-refractivity contribution in [1.29, 1.82) is 0 Å². The molecule has 2 fully saturated rings. The number of hydrogen-bond acceptors (Lipinski definition) is 8. The molecule has 1 N–H and O–H groups in total. The highest BCUT2D eigenvalue weighted by molar-refractivity contribution is 5.95. The maximum Gasteiger partial charge on any atom is 0.303 e. The van der Waals surface area contributed by atoms with Crippen molar-refractivity contribution in [3.8, 4) is 0 Å². The first kappa shape index (κ1) is 25.6. The van der Waals surface area contributed by atoms with Crippen molar-refractivity contribution in [2.75, 3.05) is 6.61 Å². The zero-order valence-electron chi connectivity index (χ0n) is 21.2. The van der Waals surface area contributed by atoms with Gasteiger partial charge in [0.25, 0.3) is 0 Å². The van der Waals surface area contributed by atoms with Gasteiger partial charge < -0.3 is 19.3 Å². The predicted octanol–water partition coefficient (Wildman–Crippen LogP) is 3.41. The van der Waals surface area contributed by atoms with Crippen LogP contribution in [0.4, 0.5) is 0 Å². The third-order valence-corrected chi connectivity index (χ3v) is 9.04. The molecule has 7 atom stereocenters. The molecule has 0 aromatic heterocycles. The summed E-state index contributed by atoms with van der Waals surface area (Å²) in [4.78, 5) is 50.9. The highest BCUT2D eigenvalue weighted by Gasteiger charge is 2.70. The normalized spacial score (nSPS) is 38.7. The zero-order chi connectivity index (χ0) is 25.8. The lowest BCUT2D eigenvalue weighted by Crippen LogP contribution is -2.62. The van der Waals surface area contributed by atoms with E-state index in [4.69, 9.17) is 14.2 Å². The standard InChI is InChI=1S/C27H36O8/c1-15(28)33-14-23(32)27(35-17(3)30)11-9-21-20-7-6-18-12-19(34-16(2)29)8-10-25(18,4)24(20)22(31)13-26(21,27)5/h6,12,16,20-21,24,29H,7-11,13-14H2,1-5H3/t16?,20?,21?,24?,25-,26-,27-/m0/s1. The van der Waals surface area contributed by atoms with E-state index >= 15 is 0 Å². The molecule has 2 saturated carbocycles. The van der Waals surface area contributed by atoms with Gasteiger partial charge in [0.2, 0.25) is 5.78 Å². The summed E-state index contributed by atoms with van der Waals surface area (Å²) in [6.07, 6.45) is 6.36. The lowest BCUT2D eigenvalue weighted by Gasteiger charge is -2.57. The Morgan fingerprint density at radius 2 is 1.89 bits per heavy atom. The second kappa shape index (κ2) is 8.87. The quantitative estimate of drug-likeness (QED) is 0.447. The number of ether oxygens (including phenoxy) is 3. The number of ketones is 2.